The van der Waals surface area contributed by atoms with E-state index in [0.717, 1.165) is 5.56 Å². The van der Waals surface area contributed by atoms with Crippen molar-refractivity contribution in [1.29, 1.82) is 0 Å². The van der Waals surface area contributed by atoms with Crippen LogP contribution in [-0.2, 0) is 25.7 Å². The van der Waals surface area contributed by atoms with E-state index in [9.17, 15) is 9.59 Å². The lowest BCUT2D eigenvalue weighted by molar-refractivity contribution is -0.149. The Kier molecular flexibility index (Phi) is 11.0. The molecule has 0 heterocycles. The summed E-state index contributed by atoms with van der Waals surface area (Å²) in [5.74, 6) is -0.800. The quantitative estimate of drug-likeness (QED) is 0.745. The fraction of sp³-hybridized carbons (Fsp3) is 0.429. The molecule has 0 amide bonds. The summed E-state index contributed by atoms with van der Waals surface area (Å²) in [4.78, 5) is 22.0. The highest BCUT2D eigenvalue weighted by atomic mass is 16.5. The van der Waals surface area contributed by atoms with E-state index in [-0.39, 0.29) is 32.7 Å². The largest absolute Gasteiger partial charge is 0.469 e. The number of carbonyl (C=O) groups is 2. The van der Waals surface area contributed by atoms with Crippen LogP contribution in [-0.4, -0.2) is 42.5 Å². The molecule has 0 aliphatic heterocycles. The van der Waals surface area contributed by atoms with E-state index in [0.29, 0.717) is 0 Å². The number of aliphatic hydroxyl groups is 2. The molecule has 1 aromatic carbocycles. The Morgan fingerprint density at radius 2 is 1.55 bits per heavy atom. The molecule has 0 saturated carbocycles. The Morgan fingerprint density at radius 1 is 1.00 bits per heavy atom. The van der Waals surface area contributed by atoms with E-state index < -0.39 is 11.9 Å². The highest BCUT2D eigenvalue weighted by Gasteiger charge is 2.07. The zero-order chi connectivity index (χ0) is 15.2. The molecule has 6 nitrogen and oxygen atoms in total. The summed E-state index contributed by atoms with van der Waals surface area (Å²) in [5, 5.41) is 15.2. The lowest BCUT2D eigenvalue weighted by Crippen LogP contribution is -2.08. The SMILES string of the molecule is COC(=O)CCC(=O)OCc1ccccc1.OCCO. The van der Waals surface area contributed by atoms with Crippen LogP contribution in [0.4, 0.5) is 0 Å². The molecule has 0 aromatic heterocycles. The zero-order valence-corrected chi connectivity index (χ0v) is 11.4. The van der Waals surface area contributed by atoms with Crippen molar-refractivity contribution in [2.75, 3.05) is 20.3 Å². The summed E-state index contributed by atoms with van der Waals surface area (Å²) in [5.41, 5.74) is 0.925. The van der Waals surface area contributed by atoms with Crippen LogP contribution < -0.4 is 0 Å². The number of rotatable bonds is 6. The molecule has 0 spiro atoms. The van der Waals surface area contributed by atoms with E-state index in [2.05, 4.69) is 4.74 Å². The highest BCUT2D eigenvalue weighted by Crippen LogP contribution is 2.02. The first-order chi connectivity index (χ1) is 9.63. The van der Waals surface area contributed by atoms with Crippen LogP contribution in [0.1, 0.15) is 18.4 Å². The second-order valence-electron chi connectivity index (χ2n) is 3.67. The molecular weight excluding hydrogens is 264 g/mol. The van der Waals surface area contributed by atoms with Gasteiger partial charge in [-0.05, 0) is 5.56 Å². The summed E-state index contributed by atoms with van der Waals surface area (Å²) < 4.78 is 9.39. The Balaban J connectivity index is 0.000000796. The molecule has 0 saturated heterocycles. The maximum absolute atomic E-state index is 11.2. The van der Waals surface area contributed by atoms with Gasteiger partial charge in [-0.15, -0.1) is 0 Å². The second kappa shape index (κ2) is 12.1. The molecule has 1 aromatic rings. The predicted molar refractivity (Wildman–Crippen MR) is 71.7 cm³/mol. The van der Waals surface area contributed by atoms with Crippen molar-refractivity contribution in [3.63, 3.8) is 0 Å². The molecule has 0 radical (unpaired) electrons. The number of benzene rings is 1. The van der Waals surface area contributed by atoms with Crippen molar-refractivity contribution in [2.45, 2.75) is 19.4 Å². The second-order valence-corrected chi connectivity index (χ2v) is 3.67. The van der Waals surface area contributed by atoms with Crippen LogP contribution in [0.25, 0.3) is 0 Å². The third kappa shape index (κ3) is 10.0. The van der Waals surface area contributed by atoms with Crippen LogP contribution in [0.2, 0.25) is 0 Å². The number of hydrogen-bond donors (Lipinski definition) is 2. The van der Waals surface area contributed by atoms with Gasteiger partial charge in [0.15, 0.2) is 0 Å². The number of hydrogen-bond acceptors (Lipinski definition) is 6. The molecule has 112 valence electrons. The minimum absolute atomic E-state index is 0.0551. The standard InChI is InChI=1S/C12H14O4.C2H6O2/c1-15-11(13)7-8-12(14)16-9-10-5-3-2-4-6-10;3-1-2-4/h2-6H,7-9H2,1H3;3-4H,1-2H2. The predicted octanol–water partition coefficient (Wildman–Crippen LogP) is 0.654. The lowest BCUT2D eigenvalue weighted by Gasteiger charge is -2.04. The molecule has 0 bridgehead atoms. The molecule has 0 unspecified atom stereocenters. The number of carbonyl (C=O) groups excluding carboxylic acids is 2. The van der Waals surface area contributed by atoms with Crippen LogP contribution in [0, 0.1) is 0 Å². The van der Waals surface area contributed by atoms with Crippen molar-refractivity contribution in [3.8, 4) is 0 Å². The maximum Gasteiger partial charge on any atom is 0.306 e. The van der Waals surface area contributed by atoms with Gasteiger partial charge in [-0.2, -0.15) is 0 Å². The van der Waals surface area contributed by atoms with E-state index in [4.69, 9.17) is 14.9 Å². The number of aliphatic hydroxyl groups excluding tert-OH is 2. The Hall–Kier alpha value is -1.92. The Bertz CT molecular complexity index is 375. The molecular formula is C14H20O6. The molecule has 2 N–H and O–H groups in total. The van der Waals surface area contributed by atoms with Crippen molar-refractivity contribution >= 4 is 11.9 Å². The molecule has 0 fully saturated rings. The number of esters is 2. The monoisotopic (exact) mass is 284 g/mol. The maximum atomic E-state index is 11.2. The van der Waals surface area contributed by atoms with Crippen LogP contribution in [0.3, 0.4) is 0 Å². The van der Waals surface area contributed by atoms with Crippen LogP contribution in [0.5, 0.6) is 0 Å². The van der Waals surface area contributed by atoms with Gasteiger partial charge in [-0.1, -0.05) is 30.3 Å². The fourth-order valence-electron chi connectivity index (χ4n) is 1.12. The Morgan fingerprint density at radius 3 is 2.05 bits per heavy atom. The first kappa shape index (κ1) is 18.1. The summed E-state index contributed by atoms with van der Waals surface area (Å²) >= 11 is 0. The molecule has 0 aliphatic rings. The smallest absolute Gasteiger partial charge is 0.306 e. The first-order valence-corrected chi connectivity index (χ1v) is 6.12. The Labute approximate surface area is 117 Å². The van der Waals surface area contributed by atoms with E-state index in [1.807, 2.05) is 30.3 Å². The molecule has 20 heavy (non-hydrogen) atoms. The number of methoxy groups -OCH3 is 1. The van der Waals surface area contributed by atoms with Crippen molar-refractivity contribution in [2.24, 2.45) is 0 Å². The van der Waals surface area contributed by atoms with Gasteiger partial charge in [0.05, 0.1) is 33.2 Å². The van der Waals surface area contributed by atoms with Crippen molar-refractivity contribution in [3.05, 3.63) is 35.9 Å². The highest BCUT2D eigenvalue weighted by molar-refractivity contribution is 5.77. The summed E-state index contributed by atoms with van der Waals surface area (Å²) in [6, 6.07) is 9.37. The van der Waals surface area contributed by atoms with Crippen molar-refractivity contribution < 1.29 is 29.3 Å². The average molecular weight is 284 g/mol. The third-order valence-electron chi connectivity index (χ3n) is 2.10. The third-order valence-corrected chi connectivity index (χ3v) is 2.10. The minimum Gasteiger partial charge on any atom is -0.469 e. The van der Waals surface area contributed by atoms with Gasteiger partial charge < -0.3 is 19.7 Å². The summed E-state index contributed by atoms with van der Waals surface area (Å²) in [6.45, 7) is -0.0130. The summed E-state index contributed by atoms with van der Waals surface area (Å²) in [6.07, 6.45) is 0.115. The van der Waals surface area contributed by atoms with Gasteiger partial charge in [0, 0.05) is 0 Å². The number of ether oxygens (including phenoxy) is 2. The molecule has 6 heteroatoms. The average Bonchev–Trinajstić information content (AvgIpc) is 2.51. The molecule has 0 atom stereocenters. The lowest BCUT2D eigenvalue weighted by atomic mass is 10.2. The van der Waals surface area contributed by atoms with Gasteiger partial charge in [-0.25, -0.2) is 0 Å². The minimum atomic E-state index is -0.406. The summed E-state index contributed by atoms with van der Waals surface area (Å²) in [7, 11) is 1.29. The van der Waals surface area contributed by atoms with Gasteiger partial charge in [0.25, 0.3) is 0 Å². The molecule has 0 aliphatic carbocycles. The van der Waals surface area contributed by atoms with E-state index in [1.165, 1.54) is 7.11 Å². The van der Waals surface area contributed by atoms with Gasteiger partial charge >= 0.3 is 11.9 Å². The van der Waals surface area contributed by atoms with Crippen LogP contribution >= 0.6 is 0 Å². The van der Waals surface area contributed by atoms with Gasteiger partial charge in [0.1, 0.15) is 6.61 Å². The van der Waals surface area contributed by atoms with Crippen LogP contribution in [0.15, 0.2) is 30.3 Å². The van der Waals surface area contributed by atoms with E-state index >= 15 is 0 Å². The molecule has 1 rings (SSSR count). The van der Waals surface area contributed by atoms with Crippen molar-refractivity contribution in [1.82, 2.24) is 0 Å². The zero-order valence-electron chi connectivity index (χ0n) is 11.4. The van der Waals surface area contributed by atoms with E-state index in [1.54, 1.807) is 0 Å². The topological polar surface area (TPSA) is 93.1 Å². The fourth-order valence-corrected chi connectivity index (χ4v) is 1.12. The first-order valence-electron chi connectivity index (χ1n) is 6.12. The normalized spacial score (nSPS) is 9.15. The van der Waals surface area contributed by atoms with Gasteiger partial charge in [-0.3, -0.25) is 9.59 Å². The van der Waals surface area contributed by atoms with Gasteiger partial charge in [0.2, 0.25) is 0 Å².